The van der Waals surface area contributed by atoms with Gasteiger partial charge in [0.25, 0.3) is 0 Å². The highest BCUT2D eigenvalue weighted by molar-refractivity contribution is 6.30. The Morgan fingerprint density at radius 1 is 1.33 bits per heavy atom. The number of nitrogens with two attached hydrogens (primary N) is 1. The van der Waals surface area contributed by atoms with E-state index in [1.807, 2.05) is 0 Å². The molecule has 0 heterocycles. The number of anilines is 3. The first-order valence-corrected chi connectivity index (χ1v) is 6.67. The molecule has 2 aromatic rings. The third-order valence-corrected chi connectivity index (χ3v) is 3.01. The summed E-state index contributed by atoms with van der Waals surface area (Å²) in [4.78, 5) is 11.8. The topological polar surface area (TPSA) is 64.3 Å². The van der Waals surface area contributed by atoms with Crippen LogP contribution in [0, 0.1) is 5.82 Å². The monoisotopic (exact) mass is 308 g/mol. The lowest BCUT2D eigenvalue weighted by molar-refractivity contribution is 0.0527. The van der Waals surface area contributed by atoms with E-state index in [0.29, 0.717) is 10.7 Å². The average molecular weight is 309 g/mol. The van der Waals surface area contributed by atoms with E-state index in [-0.39, 0.29) is 23.5 Å². The van der Waals surface area contributed by atoms with Gasteiger partial charge in [-0.15, -0.1) is 0 Å². The third kappa shape index (κ3) is 3.64. The van der Waals surface area contributed by atoms with Gasteiger partial charge in [0, 0.05) is 16.4 Å². The van der Waals surface area contributed by atoms with Gasteiger partial charge in [-0.25, -0.2) is 9.18 Å². The zero-order valence-electron chi connectivity index (χ0n) is 11.3. The predicted octanol–water partition coefficient (Wildman–Crippen LogP) is 3.98. The highest BCUT2D eigenvalue weighted by atomic mass is 35.5. The molecule has 0 fully saturated rings. The summed E-state index contributed by atoms with van der Waals surface area (Å²) in [5.74, 6) is -1.15. The second-order valence-electron chi connectivity index (χ2n) is 4.27. The maximum Gasteiger partial charge on any atom is 0.340 e. The Morgan fingerprint density at radius 2 is 2.00 bits per heavy atom. The number of esters is 1. The van der Waals surface area contributed by atoms with Crippen molar-refractivity contribution < 1.29 is 13.9 Å². The van der Waals surface area contributed by atoms with Gasteiger partial charge in [-0.1, -0.05) is 11.6 Å². The van der Waals surface area contributed by atoms with E-state index in [4.69, 9.17) is 22.1 Å². The first kappa shape index (κ1) is 15.1. The average Bonchev–Trinajstić information content (AvgIpc) is 2.44. The molecular formula is C15H14ClFN2O2. The van der Waals surface area contributed by atoms with Crippen LogP contribution in [0.3, 0.4) is 0 Å². The Balaban J connectivity index is 2.32. The lowest BCUT2D eigenvalue weighted by atomic mass is 10.1. The molecule has 110 valence electrons. The van der Waals surface area contributed by atoms with Crippen LogP contribution in [0.5, 0.6) is 0 Å². The summed E-state index contributed by atoms with van der Waals surface area (Å²) in [7, 11) is 0. The van der Waals surface area contributed by atoms with Gasteiger partial charge in [0.2, 0.25) is 0 Å². The molecular weight excluding hydrogens is 295 g/mol. The van der Waals surface area contributed by atoms with Crippen LogP contribution in [0.2, 0.25) is 5.02 Å². The molecule has 0 aliphatic carbocycles. The van der Waals surface area contributed by atoms with Crippen molar-refractivity contribution in [2.75, 3.05) is 17.7 Å². The molecule has 4 nitrogen and oxygen atoms in total. The Kier molecular flexibility index (Phi) is 4.65. The number of nitrogen functional groups attached to an aromatic ring is 1. The van der Waals surface area contributed by atoms with Gasteiger partial charge >= 0.3 is 5.97 Å². The Morgan fingerprint density at radius 3 is 2.62 bits per heavy atom. The molecule has 3 N–H and O–H groups in total. The number of ether oxygens (including phenoxy) is 1. The van der Waals surface area contributed by atoms with Crippen LogP contribution in [0.4, 0.5) is 21.5 Å². The fourth-order valence-corrected chi connectivity index (χ4v) is 1.88. The van der Waals surface area contributed by atoms with Crippen molar-refractivity contribution in [2.24, 2.45) is 0 Å². The summed E-state index contributed by atoms with van der Waals surface area (Å²) in [6, 6.07) is 9.16. The number of hydrogen-bond acceptors (Lipinski definition) is 4. The maximum atomic E-state index is 13.9. The molecule has 0 saturated heterocycles. The van der Waals surface area contributed by atoms with E-state index < -0.39 is 11.8 Å². The molecule has 0 radical (unpaired) electrons. The largest absolute Gasteiger partial charge is 0.462 e. The lowest BCUT2D eigenvalue weighted by Crippen LogP contribution is -2.09. The Labute approximate surface area is 126 Å². The number of rotatable bonds is 4. The van der Waals surface area contributed by atoms with Crippen LogP contribution in [-0.4, -0.2) is 12.6 Å². The van der Waals surface area contributed by atoms with Gasteiger partial charge in [-0.3, -0.25) is 0 Å². The van der Waals surface area contributed by atoms with Crippen molar-refractivity contribution in [1.82, 2.24) is 0 Å². The van der Waals surface area contributed by atoms with Gasteiger partial charge in [-0.05, 0) is 43.3 Å². The molecule has 0 atom stereocenters. The van der Waals surface area contributed by atoms with Crippen LogP contribution in [-0.2, 0) is 4.74 Å². The molecule has 0 bridgehead atoms. The molecule has 0 saturated carbocycles. The van der Waals surface area contributed by atoms with Gasteiger partial charge in [0.05, 0.1) is 17.9 Å². The minimum atomic E-state index is -0.589. The summed E-state index contributed by atoms with van der Waals surface area (Å²) >= 11 is 5.79. The van der Waals surface area contributed by atoms with Crippen LogP contribution in [0.1, 0.15) is 17.3 Å². The van der Waals surface area contributed by atoms with E-state index >= 15 is 0 Å². The van der Waals surface area contributed by atoms with Crippen LogP contribution in [0.25, 0.3) is 0 Å². The van der Waals surface area contributed by atoms with E-state index in [0.717, 1.165) is 6.07 Å². The van der Waals surface area contributed by atoms with Gasteiger partial charge in [0.1, 0.15) is 5.82 Å². The van der Waals surface area contributed by atoms with Crippen LogP contribution in [0.15, 0.2) is 36.4 Å². The molecule has 0 aliphatic rings. The number of carbonyl (C=O) groups is 1. The fourth-order valence-electron chi connectivity index (χ4n) is 1.76. The molecule has 0 unspecified atom stereocenters. The predicted molar refractivity (Wildman–Crippen MR) is 81.5 cm³/mol. The fraction of sp³-hybridized carbons (Fsp3) is 0.133. The minimum Gasteiger partial charge on any atom is -0.462 e. The van der Waals surface area contributed by atoms with E-state index in [2.05, 4.69) is 5.32 Å². The second-order valence-corrected chi connectivity index (χ2v) is 4.71. The minimum absolute atomic E-state index is 0.0348. The molecule has 0 amide bonds. The van der Waals surface area contributed by atoms with Crippen LogP contribution < -0.4 is 11.1 Å². The summed E-state index contributed by atoms with van der Waals surface area (Å²) in [5, 5.41) is 3.44. The molecule has 0 aliphatic heterocycles. The molecule has 21 heavy (non-hydrogen) atoms. The first-order valence-electron chi connectivity index (χ1n) is 6.30. The third-order valence-electron chi connectivity index (χ3n) is 2.76. The van der Waals surface area contributed by atoms with E-state index in [1.54, 1.807) is 31.2 Å². The standard InChI is InChI=1S/C15H14ClFN2O2/c1-2-21-15(20)11-7-14(12(17)8-13(11)18)19-10-5-3-9(16)4-6-10/h3-8,19H,2,18H2,1H3. The van der Waals surface area contributed by atoms with Crippen molar-refractivity contribution in [3.63, 3.8) is 0 Å². The van der Waals surface area contributed by atoms with E-state index in [9.17, 15) is 9.18 Å². The number of halogens is 2. The zero-order chi connectivity index (χ0) is 15.4. The number of carbonyl (C=O) groups excluding carboxylic acids is 1. The molecule has 2 aromatic carbocycles. The van der Waals surface area contributed by atoms with Crippen molar-refractivity contribution in [3.8, 4) is 0 Å². The summed E-state index contributed by atoms with van der Waals surface area (Å²) < 4.78 is 18.8. The van der Waals surface area contributed by atoms with Gasteiger partial charge in [-0.2, -0.15) is 0 Å². The van der Waals surface area contributed by atoms with E-state index in [1.165, 1.54) is 6.07 Å². The van der Waals surface area contributed by atoms with Crippen molar-refractivity contribution >= 4 is 34.6 Å². The van der Waals surface area contributed by atoms with Crippen LogP contribution >= 0.6 is 11.6 Å². The summed E-state index contributed by atoms with van der Waals surface area (Å²) in [5.41, 5.74) is 6.57. The zero-order valence-corrected chi connectivity index (χ0v) is 12.1. The highest BCUT2D eigenvalue weighted by Crippen LogP contribution is 2.26. The van der Waals surface area contributed by atoms with Crippen molar-refractivity contribution in [3.05, 3.63) is 52.8 Å². The van der Waals surface area contributed by atoms with Crippen molar-refractivity contribution in [1.29, 1.82) is 0 Å². The molecule has 0 aromatic heterocycles. The normalized spacial score (nSPS) is 10.2. The molecule has 2 rings (SSSR count). The number of benzene rings is 2. The smallest absolute Gasteiger partial charge is 0.340 e. The first-order chi connectivity index (χ1) is 10.0. The Bertz CT molecular complexity index is 659. The highest BCUT2D eigenvalue weighted by Gasteiger charge is 2.15. The number of hydrogen-bond donors (Lipinski definition) is 2. The SMILES string of the molecule is CCOC(=O)c1cc(Nc2ccc(Cl)cc2)c(F)cc1N. The summed E-state index contributed by atoms with van der Waals surface area (Å²) in [6.45, 7) is 1.90. The van der Waals surface area contributed by atoms with Crippen molar-refractivity contribution in [2.45, 2.75) is 6.92 Å². The molecule has 6 heteroatoms. The second kappa shape index (κ2) is 6.45. The molecule has 0 spiro atoms. The summed E-state index contributed by atoms with van der Waals surface area (Å²) in [6.07, 6.45) is 0. The number of nitrogens with one attached hydrogen (secondary N) is 1. The maximum absolute atomic E-state index is 13.9. The quantitative estimate of drug-likeness (QED) is 0.662. The Hall–Kier alpha value is -2.27. The van der Waals surface area contributed by atoms with Gasteiger partial charge in [0.15, 0.2) is 0 Å². The van der Waals surface area contributed by atoms with Gasteiger partial charge < -0.3 is 15.8 Å². The lowest BCUT2D eigenvalue weighted by Gasteiger charge is -2.11.